The number of nitrogens with zero attached hydrogens (tertiary/aromatic N) is 1. The summed E-state index contributed by atoms with van der Waals surface area (Å²) in [6, 6.07) is 7.03. The molecule has 5 nitrogen and oxygen atoms in total. The summed E-state index contributed by atoms with van der Waals surface area (Å²) in [5.74, 6) is -0.939. The van der Waals surface area contributed by atoms with Crippen LogP contribution in [0.15, 0.2) is 24.3 Å². The monoisotopic (exact) mass is 310 g/mol. The maximum absolute atomic E-state index is 11.8. The lowest BCUT2D eigenvalue weighted by molar-refractivity contribution is -0.145. The summed E-state index contributed by atoms with van der Waals surface area (Å²) in [6.45, 7) is 3.88. The number of nitrogens with one attached hydrogen (secondary N) is 1. The van der Waals surface area contributed by atoms with Crippen molar-refractivity contribution in [1.82, 2.24) is 4.90 Å². The molecule has 1 aliphatic heterocycles. The lowest BCUT2D eigenvalue weighted by Crippen LogP contribution is -2.51. The number of benzene rings is 1. The molecule has 21 heavy (non-hydrogen) atoms. The predicted octanol–water partition coefficient (Wildman–Crippen LogP) is 2.32. The molecule has 6 heteroatoms. The number of aliphatic carboxylic acids is 1. The minimum Gasteiger partial charge on any atom is -0.481 e. The van der Waals surface area contributed by atoms with Gasteiger partial charge in [0.15, 0.2) is 0 Å². The van der Waals surface area contributed by atoms with Gasteiger partial charge in [0.25, 0.3) is 0 Å². The lowest BCUT2D eigenvalue weighted by atomic mass is 9.87. The van der Waals surface area contributed by atoms with Crippen molar-refractivity contribution in [2.24, 2.45) is 11.8 Å². The number of carbonyl (C=O) groups is 2. The van der Waals surface area contributed by atoms with Gasteiger partial charge in [0, 0.05) is 36.8 Å². The molecular weight excluding hydrogens is 292 g/mol. The Kier molecular flexibility index (Phi) is 5.20. The van der Waals surface area contributed by atoms with Crippen LogP contribution < -0.4 is 5.32 Å². The topological polar surface area (TPSA) is 69.6 Å². The molecule has 1 aliphatic rings. The minimum atomic E-state index is -0.752. The third-order valence-electron chi connectivity index (χ3n) is 3.85. The number of rotatable bonds is 6. The predicted molar refractivity (Wildman–Crippen MR) is 81.4 cm³/mol. The maximum Gasteiger partial charge on any atom is 0.306 e. The van der Waals surface area contributed by atoms with E-state index in [1.807, 2.05) is 0 Å². The first-order chi connectivity index (χ1) is 9.95. The van der Waals surface area contributed by atoms with Crippen molar-refractivity contribution in [1.29, 1.82) is 0 Å². The summed E-state index contributed by atoms with van der Waals surface area (Å²) in [5, 5.41) is 12.3. The largest absolute Gasteiger partial charge is 0.481 e. The average molecular weight is 311 g/mol. The van der Waals surface area contributed by atoms with Crippen molar-refractivity contribution in [3.8, 4) is 0 Å². The van der Waals surface area contributed by atoms with E-state index in [9.17, 15) is 9.59 Å². The molecular formula is C15H19ClN2O3. The quantitative estimate of drug-likeness (QED) is 0.846. The van der Waals surface area contributed by atoms with Gasteiger partial charge in [0.2, 0.25) is 5.91 Å². The molecule has 0 radical (unpaired) electrons. The summed E-state index contributed by atoms with van der Waals surface area (Å²) >= 11 is 5.85. The molecule has 1 unspecified atom stereocenters. The molecule has 0 bridgehead atoms. The molecule has 2 N–H and O–H groups in total. The summed E-state index contributed by atoms with van der Waals surface area (Å²) in [6.07, 6.45) is 0.390. The number of likely N-dealkylation sites (tertiary alicyclic amines) is 1. The Morgan fingerprint density at radius 2 is 2.19 bits per heavy atom. The van der Waals surface area contributed by atoms with Crippen molar-refractivity contribution < 1.29 is 14.7 Å². The summed E-state index contributed by atoms with van der Waals surface area (Å²) in [7, 11) is 0. The number of amides is 1. The van der Waals surface area contributed by atoms with Crippen molar-refractivity contribution in [2.75, 3.05) is 25.0 Å². The number of halogens is 1. The van der Waals surface area contributed by atoms with E-state index in [2.05, 4.69) is 10.2 Å². The van der Waals surface area contributed by atoms with Gasteiger partial charge in [-0.2, -0.15) is 0 Å². The van der Waals surface area contributed by atoms with Crippen LogP contribution in [0.25, 0.3) is 0 Å². The molecule has 1 aromatic rings. The Labute approximate surface area is 128 Å². The zero-order valence-electron chi connectivity index (χ0n) is 11.9. The van der Waals surface area contributed by atoms with Gasteiger partial charge in [0.1, 0.15) is 0 Å². The maximum atomic E-state index is 11.8. The van der Waals surface area contributed by atoms with E-state index in [1.165, 1.54) is 0 Å². The van der Waals surface area contributed by atoms with E-state index in [1.54, 1.807) is 31.2 Å². The third-order valence-corrected chi connectivity index (χ3v) is 4.08. The van der Waals surface area contributed by atoms with E-state index >= 15 is 0 Å². The van der Waals surface area contributed by atoms with E-state index in [-0.39, 0.29) is 17.7 Å². The van der Waals surface area contributed by atoms with Crippen LogP contribution in [0.1, 0.15) is 13.3 Å². The molecule has 1 saturated heterocycles. The first-order valence-electron chi connectivity index (χ1n) is 6.96. The van der Waals surface area contributed by atoms with Crippen LogP contribution in [0.3, 0.4) is 0 Å². The van der Waals surface area contributed by atoms with Gasteiger partial charge in [-0.1, -0.05) is 24.6 Å². The number of carboxylic acids is 1. The molecule has 0 aliphatic carbocycles. The number of carbonyl (C=O) groups excluding carboxylic acids is 1. The van der Waals surface area contributed by atoms with Crippen molar-refractivity contribution in [3.63, 3.8) is 0 Å². The highest BCUT2D eigenvalue weighted by molar-refractivity contribution is 6.30. The van der Waals surface area contributed by atoms with Gasteiger partial charge >= 0.3 is 5.97 Å². The average Bonchev–Trinajstić information content (AvgIpc) is 2.36. The van der Waals surface area contributed by atoms with Gasteiger partial charge in [-0.3, -0.25) is 9.59 Å². The second kappa shape index (κ2) is 6.91. The minimum absolute atomic E-state index is 0.0630. The Morgan fingerprint density at radius 3 is 2.81 bits per heavy atom. The van der Waals surface area contributed by atoms with Crippen molar-refractivity contribution >= 4 is 29.2 Å². The SMILES string of the molecule is CC(C(=O)O)C1CN(CCC(=O)Nc2cccc(Cl)c2)C1. The molecule has 1 atom stereocenters. The van der Waals surface area contributed by atoms with Gasteiger partial charge in [0.05, 0.1) is 5.92 Å². The van der Waals surface area contributed by atoms with Gasteiger partial charge in [-0.25, -0.2) is 0 Å². The second-order valence-corrected chi connectivity index (χ2v) is 5.89. The molecule has 1 heterocycles. The Balaban J connectivity index is 1.68. The fourth-order valence-electron chi connectivity index (χ4n) is 2.36. The fraction of sp³-hybridized carbons (Fsp3) is 0.467. The van der Waals surface area contributed by atoms with Crippen LogP contribution >= 0.6 is 11.6 Å². The normalized spacial score (nSPS) is 17.0. The zero-order chi connectivity index (χ0) is 15.4. The van der Waals surface area contributed by atoms with E-state index in [0.717, 1.165) is 13.1 Å². The fourth-order valence-corrected chi connectivity index (χ4v) is 2.55. The summed E-state index contributed by atoms with van der Waals surface area (Å²) in [5.41, 5.74) is 0.688. The smallest absolute Gasteiger partial charge is 0.306 e. The van der Waals surface area contributed by atoms with Gasteiger partial charge < -0.3 is 15.3 Å². The number of hydrogen-bond donors (Lipinski definition) is 2. The summed E-state index contributed by atoms with van der Waals surface area (Å²) in [4.78, 5) is 24.8. The molecule has 0 spiro atoms. The van der Waals surface area contributed by atoms with Gasteiger partial charge in [-0.05, 0) is 24.1 Å². The zero-order valence-corrected chi connectivity index (χ0v) is 12.6. The number of hydrogen-bond acceptors (Lipinski definition) is 3. The van der Waals surface area contributed by atoms with E-state index < -0.39 is 5.97 Å². The van der Waals surface area contributed by atoms with Gasteiger partial charge in [-0.15, -0.1) is 0 Å². The van der Waals surface area contributed by atoms with Crippen LogP contribution in [0.4, 0.5) is 5.69 Å². The number of carboxylic acid groups (broad SMARTS) is 1. The molecule has 0 aromatic heterocycles. The first-order valence-corrected chi connectivity index (χ1v) is 7.34. The Bertz CT molecular complexity index is 529. The highest BCUT2D eigenvalue weighted by atomic mass is 35.5. The Hall–Kier alpha value is -1.59. The van der Waals surface area contributed by atoms with Crippen LogP contribution in [0.5, 0.6) is 0 Å². The first kappa shape index (κ1) is 15.8. The third kappa shape index (κ3) is 4.44. The molecule has 1 amide bonds. The van der Waals surface area contributed by atoms with Crippen LogP contribution in [-0.2, 0) is 9.59 Å². The van der Waals surface area contributed by atoms with Crippen LogP contribution in [0, 0.1) is 11.8 Å². The highest BCUT2D eigenvalue weighted by Gasteiger charge is 2.34. The van der Waals surface area contributed by atoms with Crippen molar-refractivity contribution in [3.05, 3.63) is 29.3 Å². The molecule has 2 rings (SSSR count). The van der Waals surface area contributed by atoms with E-state index in [4.69, 9.17) is 16.7 Å². The van der Waals surface area contributed by atoms with Crippen LogP contribution in [0.2, 0.25) is 5.02 Å². The Morgan fingerprint density at radius 1 is 1.48 bits per heavy atom. The standard InChI is InChI=1S/C15H19ClN2O3/c1-10(15(20)21)11-8-18(9-11)6-5-14(19)17-13-4-2-3-12(16)7-13/h2-4,7,10-11H,5-6,8-9H2,1H3,(H,17,19)(H,20,21). The molecule has 1 fully saturated rings. The number of anilines is 1. The van der Waals surface area contributed by atoms with E-state index in [0.29, 0.717) is 23.7 Å². The van der Waals surface area contributed by atoms with Crippen LogP contribution in [-0.4, -0.2) is 41.5 Å². The molecule has 1 aromatic carbocycles. The lowest BCUT2D eigenvalue weighted by Gasteiger charge is -2.41. The highest BCUT2D eigenvalue weighted by Crippen LogP contribution is 2.24. The molecule has 0 saturated carbocycles. The van der Waals surface area contributed by atoms with Crippen molar-refractivity contribution in [2.45, 2.75) is 13.3 Å². The molecule has 114 valence electrons. The summed E-state index contributed by atoms with van der Waals surface area (Å²) < 4.78 is 0. The second-order valence-electron chi connectivity index (χ2n) is 5.46.